The third-order valence-corrected chi connectivity index (χ3v) is 3.68. The number of carbonyl (C=O) groups excluding carboxylic acids is 1. The Hall–Kier alpha value is -0.770. The Kier molecular flexibility index (Phi) is 2.89. The van der Waals surface area contributed by atoms with Gasteiger partial charge in [0.25, 0.3) is 0 Å². The van der Waals surface area contributed by atoms with Crippen molar-refractivity contribution >= 4 is 6.09 Å². The number of ether oxygens (including phenoxy) is 1. The van der Waals surface area contributed by atoms with E-state index in [1.165, 1.54) is 6.42 Å². The number of amides is 1. The highest BCUT2D eigenvalue weighted by Gasteiger charge is 2.62. The monoisotopic (exact) mass is 240 g/mol. The van der Waals surface area contributed by atoms with Crippen LogP contribution in [-0.4, -0.2) is 35.7 Å². The zero-order chi connectivity index (χ0) is 12.8. The largest absolute Gasteiger partial charge is 0.444 e. The van der Waals surface area contributed by atoms with Crippen molar-refractivity contribution in [2.45, 2.75) is 52.2 Å². The van der Waals surface area contributed by atoms with Crippen LogP contribution in [0.3, 0.4) is 0 Å². The molecule has 2 atom stereocenters. The maximum atomic E-state index is 11.8. The SMILES string of the molecule is CC(N)CC1CC12CN(C(=O)OC(C)(C)C)C2. The molecule has 2 rings (SSSR count). The summed E-state index contributed by atoms with van der Waals surface area (Å²) in [5, 5.41) is 0. The minimum atomic E-state index is -0.394. The highest BCUT2D eigenvalue weighted by molar-refractivity contribution is 5.69. The molecule has 98 valence electrons. The molecule has 2 unspecified atom stereocenters. The van der Waals surface area contributed by atoms with Gasteiger partial charge in [-0.3, -0.25) is 0 Å². The van der Waals surface area contributed by atoms with E-state index >= 15 is 0 Å². The Morgan fingerprint density at radius 3 is 2.59 bits per heavy atom. The third-order valence-electron chi connectivity index (χ3n) is 3.68. The van der Waals surface area contributed by atoms with E-state index in [0.29, 0.717) is 5.41 Å². The van der Waals surface area contributed by atoms with Crippen molar-refractivity contribution in [1.29, 1.82) is 0 Å². The molecule has 1 aliphatic carbocycles. The molecule has 1 saturated heterocycles. The van der Waals surface area contributed by atoms with Crippen molar-refractivity contribution in [2.24, 2.45) is 17.1 Å². The first-order chi connectivity index (χ1) is 7.72. The van der Waals surface area contributed by atoms with Gasteiger partial charge in [0.2, 0.25) is 0 Å². The van der Waals surface area contributed by atoms with E-state index in [0.717, 1.165) is 25.4 Å². The van der Waals surface area contributed by atoms with Crippen LogP contribution in [0.5, 0.6) is 0 Å². The van der Waals surface area contributed by atoms with Crippen LogP contribution in [0.4, 0.5) is 4.79 Å². The number of nitrogens with two attached hydrogens (primary N) is 1. The molecule has 4 nitrogen and oxygen atoms in total. The maximum Gasteiger partial charge on any atom is 0.410 e. The van der Waals surface area contributed by atoms with Crippen molar-refractivity contribution in [1.82, 2.24) is 4.90 Å². The fraction of sp³-hybridized carbons (Fsp3) is 0.923. The van der Waals surface area contributed by atoms with Gasteiger partial charge in [0.1, 0.15) is 5.60 Å². The highest BCUT2D eigenvalue weighted by Crippen LogP contribution is 2.60. The molecule has 2 aliphatic rings. The molecule has 0 aromatic rings. The van der Waals surface area contributed by atoms with Crippen LogP contribution in [0, 0.1) is 11.3 Å². The van der Waals surface area contributed by atoms with Gasteiger partial charge >= 0.3 is 6.09 Å². The lowest BCUT2D eigenvalue weighted by atomic mass is 9.92. The van der Waals surface area contributed by atoms with Gasteiger partial charge in [-0.15, -0.1) is 0 Å². The molecule has 1 saturated carbocycles. The van der Waals surface area contributed by atoms with Crippen LogP contribution in [-0.2, 0) is 4.74 Å². The van der Waals surface area contributed by atoms with Gasteiger partial charge in [-0.1, -0.05) is 0 Å². The Labute approximate surface area is 103 Å². The van der Waals surface area contributed by atoms with Gasteiger partial charge in [0.05, 0.1) is 0 Å². The van der Waals surface area contributed by atoms with E-state index in [4.69, 9.17) is 10.5 Å². The average molecular weight is 240 g/mol. The summed E-state index contributed by atoms with van der Waals surface area (Å²) in [5.74, 6) is 0.723. The van der Waals surface area contributed by atoms with Gasteiger partial charge in [-0.05, 0) is 46.5 Å². The first kappa shape index (κ1) is 12.7. The molecule has 2 N–H and O–H groups in total. The summed E-state index contributed by atoms with van der Waals surface area (Å²) in [5.41, 5.74) is 5.80. The molecule has 0 radical (unpaired) electrons. The predicted octanol–water partition coefficient (Wildman–Crippen LogP) is 1.98. The number of hydrogen-bond acceptors (Lipinski definition) is 3. The van der Waals surface area contributed by atoms with Gasteiger partial charge in [0, 0.05) is 24.5 Å². The minimum absolute atomic E-state index is 0.172. The van der Waals surface area contributed by atoms with Gasteiger partial charge in [0.15, 0.2) is 0 Å². The molecule has 17 heavy (non-hydrogen) atoms. The van der Waals surface area contributed by atoms with Crippen LogP contribution in [0.25, 0.3) is 0 Å². The lowest BCUT2D eigenvalue weighted by Crippen LogP contribution is -2.54. The zero-order valence-corrected chi connectivity index (χ0v) is 11.3. The molecular weight excluding hydrogens is 216 g/mol. The number of carbonyl (C=O) groups is 1. The standard InChI is InChI=1S/C13H24N2O2/c1-9(14)5-10-6-13(10)7-15(8-13)11(16)17-12(2,3)4/h9-10H,5-8,14H2,1-4H3. The van der Waals surface area contributed by atoms with Crippen molar-refractivity contribution < 1.29 is 9.53 Å². The van der Waals surface area contributed by atoms with Crippen LogP contribution in [0.15, 0.2) is 0 Å². The summed E-state index contributed by atoms with van der Waals surface area (Å²) < 4.78 is 5.34. The predicted molar refractivity (Wildman–Crippen MR) is 66.6 cm³/mol. The lowest BCUT2D eigenvalue weighted by Gasteiger charge is -2.41. The normalized spacial score (nSPS) is 27.6. The van der Waals surface area contributed by atoms with Crippen molar-refractivity contribution in [3.05, 3.63) is 0 Å². The number of likely N-dealkylation sites (tertiary alicyclic amines) is 1. The van der Waals surface area contributed by atoms with Crippen LogP contribution in [0.2, 0.25) is 0 Å². The summed E-state index contributed by atoms with van der Waals surface area (Å²) in [6.45, 7) is 9.47. The summed E-state index contributed by atoms with van der Waals surface area (Å²) >= 11 is 0. The topological polar surface area (TPSA) is 55.6 Å². The Bertz CT molecular complexity index is 314. The maximum absolute atomic E-state index is 11.8. The molecule has 1 aliphatic heterocycles. The Morgan fingerprint density at radius 1 is 1.53 bits per heavy atom. The number of hydrogen-bond donors (Lipinski definition) is 1. The highest BCUT2D eigenvalue weighted by atomic mass is 16.6. The van der Waals surface area contributed by atoms with E-state index < -0.39 is 5.60 Å². The van der Waals surface area contributed by atoms with Crippen LogP contribution in [0.1, 0.15) is 40.5 Å². The molecule has 1 heterocycles. The van der Waals surface area contributed by atoms with Gasteiger partial charge in [-0.2, -0.15) is 0 Å². The Morgan fingerprint density at radius 2 is 2.12 bits per heavy atom. The second-order valence-corrected chi connectivity index (χ2v) is 6.81. The molecule has 0 aromatic carbocycles. The fourth-order valence-corrected chi connectivity index (χ4v) is 2.77. The number of rotatable bonds is 2. The van der Waals surface area contributed by atoms with Crippen LogP contribution < -0.4 is 5.73 Å². The van der Waals surface area contributed by atoms with E-state index in [2.05, 4.69) is 6.92 Å². The summed E-state index contributed by atoms with van der Waals surface area (Å²) in [7, 11) is 0. The van der Waals surface area contributed by atoms with E-state index in [9.17, 15) is 4.79 Å². The minimum Gasteiger partial charge on any atom is -0.444 e. The molecule has 1 amide bonds. The second-order valence-electron chi connectivity index (χ2n) is 6.81. The van der Waals surface area contributed by atoms with Crippen molar-refractivity contribution in [3.8, 4) is 0 Å². The molecule has 0 aromatic heterocycles. The zero-order valence-electron chi connectivity index (χ0n) is 11.3. The third kappa shape index (κ3) is 2.73. The van der Waals surface area contributed by atoms with Crippen molar-refractivity contribution in [3.63, 3.8) is 0 Å². The molecular formula is C13H24N2O2. The van der Waals surface area contributed by atoms with Gasteiger partial charge in [-0.25, -0.2) is 4.79 Å². The average Bonchev–Trinajstić information content (AvgIpc) is 2.71. The molecule has 0 bridgehead atoms. The number of nitrogens with zero attached hydrogens (tertiary/aromatic N) is 1. The molecule has 1 spiro atoms. The summed E-state index contributed by atoms with van der Waals surface area (Å²) in [6.07, 6.45) is 2.14. The van der Waals surface area contributed by atoms with Gasteiger partial charge < -0.3 is 15.4 Å². The second kappa shape index (κ2) is 3.87. The molecule has 2 fully saturated rings. The van der Waals surface area contributed by atoms with E-state index in [-0.39, 0.29) is 12.1 Å². The Balaban J connectivity index is 1.75. The smallest absolute Gasteiger partial charge is 0.410 e. The molecule has 4 heteroatoms. The summed E-state index contributed by atoms with van der Waals surface area (Å²) in [4.78, 5) is 13.6. The fourth-order valence-electron chi connectivity index (χ4n) is 2.77. The first-order valence-corrected chi connectivity index (χ1v) is 6.45. The first-order valence-electron chi connectivity index (χ1n) is 6.45. The summed E-state index contributed by atoms with van der Waals surface area (Å²) in [6, 6.07) is 0.273. The lowest BCUT2D eigenvalue weighted by molar-refractivity contribution is -0.00958. The van der Waals surface area contributed by atoms with Crippen LogP contribution >= 0.6 is 0 Å². The van der Waals surface area contributed by atoms with E-state index in [1.807, 2.05) is 25.7 Å². The van der Waals surface area contributed by atoms with E-state index in [1.54, 1.807) is 0 Å². The van der Waals surface area contributed by atoms with Crippen molar-refractivity contribution in [2.75, 3.05) is 13.1 Å². The quantitative estimate of drug-likeness (QED) is 0.803.